The van der Waals surface area contributed by atoms with E-state index in [9.17, 15) is 14.4 Å². The maximum Gasteiger partial charge on any atom is 0.329 e. The van der Waals surface area contributed by atoms with Gasteiger partial charge < -0.3 is 25.1 Å². The molecule has 2 unspecified atom stereocenters. The summed E-state index contributed by atoms with van der Waals surface area (Å²) in [5.74, 6) is -0.458. The van der Waals surface area contributed by atoms with Crippen LogP contribution >= 0.6 is 0 Å². The number of nitrogens with zero attached hydrogens (tertiary/aromatic N) is 3. The monoisotopic (exact) mass is 472 g/mol. The van der Waals surface area contributed by atoms with E-state index in [4.69, 9.17) is 11.3 Å². The van der Waals surface area contributed by atoms with Gasteiger partial charge in [0, 0.05) is 38.6 Å². The molecule has 4 rings (SSSR count). The first-order valence-corrected chi connectivity index (χ1v) is 11.5. The van der Waals surface area contributed by atoms with E-state index in [-0.39, 0.29) is 40.7 Å². The Balaban J connectivity index is 1.70. The molecule has 1 aromatic carbocycles. The third kappa shape index (κ3) is 4.63. The van der Waals surface area contributed by atoms with Crippen LogP contribution in [-0.2, 0) is 4.79 Å². The standard InChI is InChI=1S/C23H29FN6O4/c1-13(31)27-11-18(26-8-7-25-2)14-6-9-29(12-14)20-17(24)10-16-19(21(20)34-3)30(15-4-5-15)23(33)28-22(16)32/h10,14-15,18,26H,4-9,11-12H2,1,3H3,(H,27,31)(H,28,32,33). The number of nitrogens with one attached hydrogen (secondary N) is 3. The lowest BCUT2D eigenvalue weighted by molar-refractivity contribution is -0.119. The molecule has 0 bridgehead atoms. The summed E-state index contributed by atoms with van der Waals surface area (Å²) in [7, 11) is 1.42. The van der Waals surface area contributed by atoms with E-state index in [1.54, 1.807) is 0 Å². The lowest BCUT2D eigenvalue weighted by Crippen LogP contribution is -2.46. The van der Waals surface area contributed by atoms with Crippen LogP contribution in [0.1, 0.15) is 32.2 Å². The fraction of sp³-hybridized carbons (Fsp3) is 0.565. The Bertz CT molecular complexity index is 1250. The first-order valence-electron chi connectivity index (χ1n) is 11.5. The number of carbonyl (C=O) groups excluding carboxylic acids is 1. The van der Waals surface area contributed by atoms with Crippen molar-refractivity contribution < 1.29 is 13.9 Å². The minimum Gasteiger partial charge on any atom is -0.492 e. The van der Waals surface area contributed by atoms with Crippen molar-refractivity contribution in [2.75, 3.05) is 44.7 Å². The van der Waals surface area contributed by atoms with Gasteiger partial charge in [-0.2, -0.15) is 0 Å². The molecular formula is C23H29FN6O4. The van der Waals surface area contributed by atoms with Gasteiger partial charge in [0.15, 0.2) is 11.6 Å². The van der Waals surface area contributed by atoms with Gasteiger partial charge in [-0.3, -0.25) is 19.1 Å². The SMILES string of the molecule is [C-]#[N+]CCNC(CNC(C)=O)C1CCN(c2c(F)cc3c(=O)[nH]c(=O)n(C4CC4)c3c2OC)C1. The van der Waals surface area contributed by atoms with Crippen LogP contribution in [0.5, 0.6) is 5.75 Å². The third-order valence-electron chi connectivity index (χ3n) is 6.53. The highest BCUT2D eigenvalue weighted by molar-refractivity contribution is 5.91. The highest BCUT2D eigenvalue weighted by Crippen LogP contribution is 2.43. The summed E-state index contributed by atoms with van der Waals surface area (Å²) in [6.45, 7) is 10.7. The van der Waals surface area contributed by atoms with Gasteiger partial charge in [-0.1, -0.05) is 0 Å². The second-order valence-corrected chi connectivity index (χ2v) is 8.87. The molecule has 2 aromatic rings. The molecule has 1 saturated carbocycles. The molecule has 11 heteroatoms. The summed E-state index contributed by atoms with van der Waals surface area (Å²) < 4.78 is 22.6. The summed E-state index contributed by atoms with van der Waals surface area (Å²) in [5, 5.41) is 6.26. The molecule has 2 aliphatic rings. The van der Waals surface area contributed by atoms with Crippen LogP contribution in [0.15, 0.2) is 15.7 Å². The number of rotatable bonds is 9. The van der Waals surface area contributed by atoms with Gasteiger partial charge in [0.05, 0.1) is 19.0 Å². The minimum absolute atomic E-state index is 0.0425. The van der Waals surface area contributed by atoms with Crippen LogP contribution in [0.2, 0.25) is 0 Å². The highest BCUT2D eigenvalue weighted by atomic mass is 19.1. The van der Waals surface area contributed by atoms with Crippen LogP contribution in [0.25, 0.3) is 15.7 Å². The van der Waals surface area contributed by atoms with Crippen molar-refractivity contribution >= 4 is 22.5 Å². The number of aromatic amines is 1. The van der Waals surface area contributed by atoms with Gasteiger partial charge in [-0.25, -0.2) is 15.8 Å². The molecule has 10 nitrogen and oxygen atoms in total. The van der Waals surface area contributed by atoms with E-state index in [0.29, 0.717) is 38.2 Å². The topological polar surface area (TPSA) is 113 Å². The number of fused-ring (bicyclic) bond motifs is 1. The number of H-pyrrole nitrogens is 1. The number of amides is 1. The van der Waals surface area contributed by atoms with Crippen molar-refractivity contribution in [1.29, 1.82) is 0 Å². The van der Waals surface area contributed by atoms with E-state index in [1.165, 1.54) is 24.7 Å². The predicted molar refractivity (Wildman–Crippen MR) is 126 cm³/mol. The number of ether oxygens (including phenoxy) is 1. The van der Waals surface area contributed by atoms with Crippen LogP contribution in [0, 0.1) is 18.3 Å². The highest BCUT2D eigenvalue weighted by Gasteiger charge is 2.35. The fourth-order valence-electron chi connectivity index (χ4n) is 4.80. The second-order valence-electron chi connectivity index (χ2n) is 8.87. The first-order chi connectivity index (χ1) is 16.3. The van der Waals surface area contributed by atoms with Gasteiger partial charge >= 0.3 is 5.69 Å². The summed E-state index contributed by atoms with van der Waals surface area (Å²) >= 11 is 0. The Morgan fingerprint density at radius 2 is 2.15 bits per heavy atom. The number of carbonyl (C=O) groups is 1. The summed E-state index contributed by atoms with van der Waals surface area (Å²) in [4.78, 5) is 44.1. The molecule has 1 amide bonds. The van der Waals surface area contributed by atoms with Gasteiger partial charge in [0.25, 0.3) is 5.56 Å². The van der Waals surface area contributed by atoms with Gasteiger partial charge in [-0.15, -0.1) is 0 Å². The molecule has 1 aliphatic heterocycles. The Morgan fingerprint density at radius 3 is 2.79 bits per heavy atom. The van der Waals surface area contributed by atoms with Crippen molar-refractivity contribution in [3.8, 4) is 5.75 Å². The molecule has 0 radical (unpaired) electrons. The van der Waals surface area contributed by atoms with Crippen molar-refractivity contribution in [2.45, 2.75) is 38.3 Å². The number of hydrogen-bond donors (Lipinski definition) is 3. The molecule has 34 heavy (non-hydrogen) atoms. The molecule has 3 N–H and O–H groups in total. The number of methoxy groups -OCH3 is 1. The average molecular weight is 473 g/mol. The lowest BCUT2D eigenvalue weighted by Gasteiger charge is -2.27. The van der Waals surface area contributed by atoms with Crippen molar-refractivity contribution in [3.63, 3.8) is 0 Å². The van der Waals surface area contributed by atoms with Crippen molar-refractivity contribution in [3.05, 3.63) is 44.1 Å². The minimum atomic E-state index is -0.640. The van der Waals surface area contributed by atoms with Crippen molar-refractivity contribution in [2.24, 2.45) is 5.92 Å². The molecular weight excluding hydrogens is 443 g/mol. The second kappa shape index (κ2) is 9.85. The molecule has 1 saturated heterocycles. The third-order valence-corrected chi connectivity index (χ3v) is 6.53. The summed E-state index contributed by atoms with van der Waals surface area (Å²) in [6, 6.07) is 1.05. The largest absolute Gasteiger partial charge is 0.492 e. The van der Waals surface area contributed by atoms with E-state index in [2.05, 4.69) is 20.5 Å². The maximum atomic E-state index is 15.4. The van der Waals surface area contributed by atoms with E-state index >= 15 is 4.39 Å². The molecule has 182 valence electrons. The van der Waals surface area contributed by atoms with E-state index in [1.807, 2.05) is 4.90 Å². The van der Waals surface area contributed by atoms with E-state index < -0.39 is 17.1 Å². The number of hydrogen-bond acceptors (Lipinski definition) is 6. The molecule has 1 aliphatic carbocycles. The quantitative estimate of drug-likeness (QED) is 0.371. The van der Waals surface area contributed by atoms with Gasteiger partial charge in [0.2, 0.25) is 12.5 Å². The zero-order chi connectivity index (χ0) is 24.4. The molecule has 0 spiro atoms. The fourth-order valence-corrected chi connectivity index (χ4v) is 4.80. The number of halogens is 1. The van der Waals surface area contributed by atoms with Crippen LogP contribution in [-0.4, -0.2) is 61.3 Å². The Hall–Kier alpha value is -3.39. The first kappa shape index (κ1) is 23.8. The normalized spacial score (nSPS) is 18.6. The summed E-state index contributed by atoms with van der Waals surface area (Å²) in [6.07, 6.45) is 2.36. The molecule has 2 atom stereocenters. The molecule has 2 fully saturated rings. The zero-order valence-electron chi connectivity index (χ0n) is 19.3. The summed E-state index contributed by atoms with van der Waals surface area (Å²) in [5.41, 5.74) is -0.603. The lowest BCUT2D eigenvalue weighted by atomic mass is 9.98. The molecule has 2 heterocycles. The Kier molecular flexibility index (Phi) is 6.88. The number of aromatic nitrogens is 2. The van der Waals surface area contributed by atoms with Crippen LogP contribution in [0.4, 0.5) is 10.1 Å². The van der Waals surface area contributed by atoms with Crippen molar-refractivity contribution in [1.82, 2.24) is 20.2 Å². The number of anilines is 1. The van der Waals surface area contributed by atoms with Gasteiger partial charge in [0.1, 0.15) is 11.2 Å². The van der Waals surface area contributed by atoms with Gasteiger partial charge in [-0.05, 0) is 31.2 Å². The van der Waals surface area contributed by atoms with Crippen LogP contribution in [0.3, 0.4) is 0 Å². The zero-order valence-corrected chi connectivity index (χ0v) is 19.3. The Morgan fingerprint density at radius 1 is 1.38 bits per heavy atom. The van der Waals surface area contributed by atoms with E-state index in [0.717, 1.165) is 19.3 Å². The Labute approximate surface area is 195 Å². The smallest absolute Gasteiger partial charge is 0.329 e. The van der Waals surface area contributed by atoms with Crippen LogP contribution < -0.4 is 31.5 Å². The average Bonchev–Trinajstić information content (AvgIpc) is 3.51. The molecule has 1 aromatic heterocycles. The maximum absolute atomic E-state index is 15.4. The number of benzene rings is 1. The predicted octanol–water partition coefficient (Wildman–Crippen LogP) is 1.01.